The molecular formula is C12H13N5S. The number of nitrogens with two attached hydrogens (primary N) is 1. The molecular weight excluding hydrogens is 246 g/mol. The van der Waals surface area contributed by atoms with Gasteiger partial charge in [0.15, 0.2) is 5.82 Å². The molecule has 1 aromatic carbocycles. The first kappa shape index (κ1) is 11.3. The molecule has 6 heteroatoms. The van der Waals surface area contributed by atoms with Gasteiger partial charge in [-0.1, -0.05) is 42.1 Å². The van der Waals surface area contributed by atoms with E-state index in [1.807, 2.05) is 28.3 Å². The molecule has 0 aliphatic carbocycles. The Morgan fingerprint density at radius 1 is 1.22 bits per heavy atom. The van der Waals surface area contributed by atoms with Gasteiger partial charge in [0.05, 0.1) is 5.70 Å². The Morgan fingerprint density at radius 3 is 2.83 bits per heavy atom. The summed E-state index contributed by atoms with van der Waals surface area (Å²) >= 11 is 1.56. The molecule has 2 aromatic rings. The average molecular weight is 259 g/mol. The van der Waals surface area contributed by atoms with Crippen molar-refractivity contribution in [3.05, 3.63) is 47.1 Å². The smallest absolute Gasteiger partial charge is 0.214 e. The maximum Gasteiger partial charge on any atom is 0.214 e. The number of thioether (sulfide) groups is 1. The second-order valence-electron chi connectivity index (χ2n) is 3.90. The van der Waals surface area contributed by atoms with Crippen molar-refractivity contribution in [2.75, 3.05) is 12.0 Å². The predicted molar refractivity (Wildman–Crippen MR) is 72.4 cm³/mol. The molecule has 18 heavy (non-hydrogen) atoms. The highest BCUT2D eigenvalue weighted by Gasteiger charge is 2.17. The fourth-order valence-corrected chi connectivity index (χ4v) is 2.55. The van der Waals surface area contributed by atoms with Crippen LogP contribution in [-0.4, -0.2) is 21.4 Å². The molecule has 0 amide bonds. The van der Waals surface area contributed by atoms with E-state index in [-0.39, 0.29) is 0 Å². The van der Waals surface area contributed by atoms with Gasteiger partial charge in [0.1, 0.15) is 0 Å². The minimum absolute atomic E-state index is 0.564. The SMILES string of the molecule is NCCc1nnc2n1NC(c1ccccc1)=CS2. The van der Waals surface area contributed by atoms with Crippen molar-refractivity contribution in [3.8, 4) is 0 Å². The molecule has 0 saturated carbocycles. The second-order valence-corrected chi connectivity index (χ2v) is 4.74. The van der Waals surface area contributed by atoms with E-state index in [1.54, 1.807) is 11.8 Å². The second kappa shape index (κ2) is 4.83. The first-order valence-electron chi connectivity index (χ1n) is 5.72. The van der Waals surface area contributed by atoms with Gasteiger partial charge in [-0.15, -0.1) is 10.2 Å². The molecule has 92 valence electrons. The van der Waals surface area contributed by atoms with Gasteiger partial charge in [-0.2, -0.15) is 0 Å². The Labute approximate surface area is 109 Å². The van der Waals surface area contributed by atoms with E-state index >= 15 is 0 Å². The highest BCUT2D eigenvalue weighted by molar-refractivity contribution is 8.02. The minimum Gasteiger partial charge on any atom is -0.330 e. The van der Waals surface area contributed by atoms with E-state index < -0.39 is 0 Å². The van der Waals surface area contributed by atoms with Crippen molar-refractivity contribution < 1.29 is 0 Å². The number of rotatable bonds is 3. The van der Waals surface area contributed by atoms with Crippen molar-refractivity contribution in [1.29, 1.82) is 0 Å². The first-order chi connectivity index (χ1) is 8.88. The van der Waals surface area contributed by atoms with Crippen molar-refractivity contribution in [2.45, 2.75) is 11.6 Å². The number of benzene rings is 1. The molecule has 3 rings (SSSR count). The Bertz CT molecular complexity index is 575. The number of fused-ring (bicyclic) bond motifs is 1. The largest absolute Gasteiger partial charge is 0.330 e. The maximum absolute atomic E-state index is 5.57. The minimum atomic E-state index is 0.564. The van der Waals surface area contributed by atoms with Crippen LogP contribution in [0.3, 0.4) is 0 Å². The molecule has 0 atom stereocenters. The van der Waals surface area contributed by atoms with E-state index in [1.165, 1.54) is 0 Å². The van der Waals surface area contributed by atoms with Crippen LogP contribution in [0.5, 0.6) is 0 Å². The molecule has 0 fully saturated rings. The highest BCUT2D eigenvalue weighted by atomic mass is 32.2. The third-order valence-electron chi connectivity index (χ3n) is 2.67. The standard InChI is InChI=1S/C12H13N5S/c13-7-6-11-14-15-12-17(11)16-10(8-18-12)9-4-2-1-3-5-9/h1-5,8,16H,6-7,13H2. The molecule has 1 aromatic heterocycles. The molecule has 0 spiro atoms. The lowest BCUT2D eigenvalue weighted by Crippen LogP contribution is -2.21. The monoisotopic (exact) mass is 259 g/mol. The quantitative estimate of drug-likeness (QED) is 0.872. The molecule has 0 radical (unpaired) electrons. The Kier molecular flexibility index (Phi) is 3.04. The van der Waals surface area contributed by atoms with Gasteiger partial charge in [-0.25, -0.2) is 4.68 Å². The van der Waals surface area contributed by atoms with Gasteiger partial charge in [0.2, 0.25) is 5.16 Å². The average Bonchev–Trinajstić information content (AvgIpc) is 2.83. The fraction of sp³-hybridized carbons (Fsp3) is 0.167. The number of hydrogen-bond acceptors (Lipinski definition) is 5. The van der Waals surface area contributed by atoms with Gasteiger partial charge in [0, 0.05) is 11.8 Å². The fourth-order valence-electron chi connectivity index (χ4n) is 1.79. The number of nitrogens with one attached hydrogen (secondary N) is 1. The Hall–Kier alpha value is -1.79. The predicted octanol–water partition coefficient (Wildman–Crippen LogP) is 1.43. The van der Waals surface area contributed by atoms with Crippen LogP contribution >= 0.6 is 11.8 Å². The molecule has 3 N–H and O–H groups in total. The Balaban J connectivity index is 1.90. The van der Waals surface area contributed by atoms with Crippen LogP contribution in [-0.2, 0) is 6.42 Å². The van der Waals surface area contributed by atoms with Crippen LogP contribution in [0.2, 0.25) is 0 Å². The van der Waals surface area contributed by atoms with Gasteiger partial charge in [-0.05, 0) is 12.1 Å². The summed E-state index contributed by atoms with van der Waals surface area (Å²) in [5, 5.41) is 11.1. The molecule has 1 aliphatic rings. The molecule has 0 saturated heterocycles. The lowest BCUT2D eigenvalue weighted by atomic mass is 10.2. The molecule has 0 unspecified atom stereocenters. The van der Waals surface area contributed by atoms with E-state index in [9.17, 15) is 0 Å². The topological polar surface area (TPSA) is 68.8 Å². The zero-order chi connectivity index (χ0) is 12.4. The number of hydrogen-bond donors (Lipinski definition) is 2. The van der Waals surface area contributed by atoms with Crippen LogP contribution in [0.15, 0.2) is 40.9 Å². The van der Waals surface area contributed by atoms with Crippen LogP contribution in [0.4, 0.5) is 0 Å². The third kappa shape index (κ3) is 2.00. The Morgan fingerprint density at radius 2 is 2.06 bits per heavy atom. The van der Waals surface area contributed by atoms with Crippen LogP contribution in [0, 0.1) is 0 Å². The third-order valence-corrected chi connectivity index (χ3v) is 3.50. The van der Waals surface area contributed by atoms with Crippen molar-refractivity contribution >= 4 is 17.5 Å². The molecule has 2 heterocycles. The van der Waals surface area contributed by atoms with E-state index in [0.29, 0.717) is 13.0 Å². The van der Waals surface area contributed by atoms with Crippen molar-refractivity contribution in [2.24, 2.45) is 5.73 Å². The summed E-state index contributed by atoms with van der Waals surface area (Å²) in [4.78, 5) is 0. The summed E-state index contributed by atoms with van der Waals surface area (Å²) in [6.45, 7) is 0.564. The lowest BCUT2D eigenvalue weighted by Gasteiger charge is -2.18. The summed E-state index contributed by atoms with van der Waals surface area (Å²) in [6, 6.07) is 10.2. The maximum atomic E-state index is 5.57. The van der Waals surface area contributed by atoms with Crippen LogP contribution in [0.25, 0.3) is 5.70 Å². The van der Waals surface area contributed by atoms with Crippen LogP contribution in [0.1, 0.15) is 11.4 Å². The van der Waals surface area contributed by atoms with E-state index in [2.05, 4.69) is 27.8 Å². The zero-order valence-corrected chi connectivity index (χ0v) is 10.5. The zero-order valence-electron chi connectivity index (χ0n) is 9.71. The summed E-state index contributed by atoms with van der Waals surface area (Å²) in [6.07, 6.45) is 0.711. The summed E-state index contributed by atoms with van der Waals surface area (Å²) in [7, 11) is 0. The molecule has 0 bridgehead atoms. The summed E-state index contributed by atoms with van der Waals surface area (Å²) < 4.78 is 1.90. The van der Waals surface area contributed by atoms with Crippen LogP contribution < -0.4 is 11.2 Å². The first-order valence-corrected chi connectivity index (χ1v) is 6.60. The summed E-state index contributed by atoms with van der Waals surface area (Å²) in [5.41, 5.74) is 11.1. The van der Waals surface area contributed by atoms with Gasteiger partial charge in [-0.3, -0.25) is 5.43 Å². The van der Waals surface area contributed by atoms with E-state index in [4.69, 9.17) is 5.73 Å². The van der Waals surface area contributed by atoms with Gasteiger partial charge in [0.25, 0.3) is 0 Å². The summed E-state index contributed by atoms with van der Waals surface area (Å²) in [5.74, 6) is 0.863. The van der Waals surface area contributed by atoms with Gasteiger partial charge >= 0.3 is 0 Å². The lowest BCUT2D eigenvalue weighted by molar-refractivity contribution is 0.755. The van der Waals surface area contributed by atoms with Crippen molar-refractivity contribution in [3.63, 3.8) is 0 Å². The molecule has 1 aliphatic heterocycles. The van der Waals surface area contributed by atoms with E-state index in [0.717, 1.165) is 22.2 Å². The number of aromatic nitrogens is 3. The van der Waals surface area contributed by atoms with Gasteiger partial charge < -0.3 is 5.73 Å². The normalized spacial score (nSPS) is 13.7. The number of nitrogens with zero attached hydrogens (tertiary/aromatic N) is 3. The highest BCUT2D eigenvalue weighted by Crippen LogP contribution is 2.28. The molecule has 5 nitrogen and oxygen atoms in total. The van der Waals surface area contributed by atoms with Crippen molar-refractivity contribution in [1.82, 2.24) is 14.9 Å².